The van der Waals surface area contributed by atoms with Gasteiger partial charge in [-0.25, -0.2) is 0 Å². The van der Waals surface area contributed by atoms with Gasteiger partial charge in [-0.05, 0) is 54.7 Å². The summed E-state index contributed by atoms with van der Waals surface area (Å²) in [5.41, 5.74) is 11.5. The molecular formula is C12H15N. The van der Waals surface area contributed by atoms with E-state index in [9.17, 15) is 0 Å². The number of fused-ring (bicyclic) bond motifs is 5. The third kappa shape index (κ3) is 0.822. The summed E-state index contributed by atoms with van der Waals surface area (Å²) in [6.45, 7) is 2.11. The predicted molar refractivity (Wildman–Crippen MR) is 54.9 cm³/mol. The van der Waals surface area contributed by atoms with Crippen LogP contribution in [0.2, 0.25) is 0 Å². The minimum absolute atomic E-state index is 0.792. The number of hydrogen-bond acceptors (Lipinski definition) is 1. The lowest BCUT2D eigenvalue weighted by Gasteiger charge is -2.18. The van der Waals surface area contributed by atoms with E-state index in [2.05, 4.69) is 19.1 Å². The van der Waals surface area contributed by atoms with Crippen molar-refractivity contribution in [2.75, 3.05) is 5.73 Å². The standard InChI is InChI=1S/C12H15N/c1-7-2-5-10-8-3-4-9(6-8)11(10)12(7)13/h2,5,8-9H,3-4,6,13H2,1H3. The molecule has 0 heterocycles. The predicted octanol–water partition coefficient (Wildman–Crippen LogP) is 2.94. The zero-order chi connectivity index (χ0) is 9.00. The maximum Gasteiger partial charge on any atom is 0.0382 e. The molecule has 0 amide bonds. The monoisotopic (exact) mass is 173 g/mol. The molecule has 1 saturated carbocycles. The molecular weight excluding hydrogens is 158 g/mol. The molecule has 13 heavy (non-hydrogen) atoms. The van der Waals surface area contributed by atoms with Crippen LogP contribution in [0.5, 0.6) is 0 Å². The smallest absolute Gasteiger partial charge is 0.0382 e. The summed E-state index contributed by atoms with van der Waals surface area (Å²) in [5.74, 6) is 1.63. The Hall–Kier alpha value is -0.980. The summed E-state index contributed by atoms with van der Waals surface area (Å²) in [4.78, 5) is 0. The van der Waals surface area contributed by atoms with E-state index in [1.165, 1.54) is 30.4 Å². The molecule has 1 heteroatoms. The van der Waals surface area contributed by atoms with Crippen LogP contribution >= 0.6 is 0 Å². The van der Waals surface area contributed by atoms with Crippen LogP contribution in [0.4, 0.5) is 5.69 Å². The molecule has 2 aliphatic rings. The van der Waals surface area contributed by atoms with Crippen LogP contribution in [-0.4, -0.2) is 0 Å². The fourth-order valence-corrected chi connectivity index (χ4v) is 3.10. The molecule has 2 bridgehead atoms. The second kappa shape index (κ2) is 2.28. The maximum atomic E-state index is 6.12. The first kappa shape index (κ1) is 7.43. The van der Waals surface area contributed by atoms with Crippen molar-refractivity contribution in [3.8, 4) is 0 Å². The Balaban J connectivity index is 2.26. The number of rotatable bonds is 0. The van der Waals surface area contributed by atoms with Gasteiger partial charge in [-0.2, -0.15) is 0 Å². The van der Waals surface area contributed by atoms with E-state index < -0.39 is 0 Å². The second-order valence-corrected chi connectivity index (χ2v) is 4.51. The minimum Gasteiger partial charge on any atom is -0.398 e. The van der Waals surface area contributed by atoms with Gasteiger partial charge in [0.2, 0.25) is 0 Å². The summed E-state index contributed by atoms with van der Waals surface area (Å²) < 4.78 is 0. The van der Waals surface area contributed by atoms with E-state index in [1.807, 2.05) is 0 Å². The Kier molecular flexibility index (Phi) is 1.30. The largest absolute Gasteiger partial charge is 0.398 e. The molecule has 1 aromatic carbocycles. The molecule has 1 nitrogen and oxygen atoms in total. The van der Waals surface area contributed by atoms with E-state index >= 15 is 0 Å². The van der Waals surface area contributed by atoms with E-state index in [1.54, 1.807) is 5.56 Å². The van der Waals surface area contributed by atoms with Gasteiger partial charge in [-0.15, -0.1) is 0 Å². The third-order valence-electron chi connectivity index (χ3n) is 3.82. The highest BCUT2D eigenvalue weighted by atomic mass is 14.6. The van der Waals surface area contributed by atoms with Crippen LogP contribution in [0.1, 0.15) is 47.8 Å². The molecule has 0 saturated heterocycles. The normalized spacial score (nSPS) is 29.3. The number of anilines is 1. The van der Waals surface area contributed by atoms with Crippen LogP contribution in [0.3, 0.4) is 0 Å². The number of aryl methyl sites for hydroxylation is 1. The summed E-state index contributed by atoms with van der Waals surface area (Å²) in [6, 6.07) is 4.47. The maximum absolute atomic E-state index is 6.12. The van der Waals surface area contributed by atoms with Gasteiger partial charge < -0.3 is 5.73 Å². The van der Waals surface area contributed by atoms with E-state index in [-0.39, 0.29) is 0 Å². The molecule has 3 rings (SSSR count). The van der Waals surface area contributed by atoms with Crippen LogP contribution in [0, 0.1) is 6.92 Å². The van der Waals surface area contributed by atoms with Crippen molar-refractivity contribution >= 4 is 5.69 Å². The van der Waals surface area contributed by atoms with E-state index in [0.29, 0.717) is 0 Å². The van der Waals surface area contributed by atoms with Gasteiger partial charge in [0.25, 0.3) is 0 Å². The Bertz CT molecular complexity index is 368. The molecule has 68 valence electrons. The van der Waals surface area contributed by atoms with Crippen molar-refractivity contribution < 1.29 is 0 Å². The molecule has 2 aliphatic carbocycles. The molecule has 0 aromatic heterocycles. The lowest BCUT2D eigenvalue weighted by Crippen LogP contribution is -2.04. The molecule has 0 aliphatic heterocycles. The van der Waals surface area contributed by atoms with Crippen molar-refractivity contribution in [2.45, 2.75) is 38.0 Å². The summed E-state index contributed by atoms with van der Waals surface area (Å²) in [7, 11) is 0. The van der Waals surface area contributed by atoms with Gasteiger partial charge in [-0.3, -0.25) is 0 Å². The summed E-state index contributed by atoms with van der Waals surface area (Å²) in [6.07, 6.45) is 4.12. The minimum atomic E-state index is 0.792. The zero-order valence-electron chi connectivity index (χ0n) is 8.01. The van der Waals surface area contributed by atoms with Gasteiger partial charge in [-0.1, -0.05) is 12.1 Å². The van der Waals surface area contributed by atoms with Crippen LogP contribution in [-0.2, 0) is 0 Å². The quantitative estimate of drug-likeness (QED) is 0.600. The third-order valence-corrected chi connectivity index (χ3v) is 3.82. The van der Waals surface area contributed by atoms with Gasteiger partial charge in [0.15, 0.2) is 0 Å². The highest BCUT2D eigenvalue weighted by Crippen LogP contribution is 2.55. The fourth-order valence-electron chi connectivity index (χ4n) is 3.10. The van der Waals surface area contributed by atoms with E-state index in [0.717, 1.165) is 17.5 Å². The number of hydrogen-bond donors (Lipinski definition) is 1. The molecule has 1 fully saturated rings. The first-order valence-electron chi connectivity index (χ1n) is 5.16. The molecule has 0 spiro atoms. The van der Waals surface area contributed by atoms with Crippen LogP contribution < -0.4 is 5.73 Å². The number of nitrogens with two attached hydrogens (primary N) is 1. The lowest BCUT2D eigenvalue weighted by molar-refractivity contribution is 0.718. The van der Waals surface area contributed by atoms with E-state index in [4.69, 9.17) is 5.73 Å². The number of benzene rings is 1. The average molecular weight is 173 g/mol. The van der Waals surface area contributed by atoms with Gasteiger partial charge >= 0.3 is 0 Å². The van der Waals surface area contributed by atoms with Crippen molar-refractivity contribution in [1.29, 1.82) is 0 Å². The van der Waals surface area contributed by atoms with Crippen molar-refractivity contribution in [1.82, 2.24) is 0 Å². The Morgan fingerprint density at radius 2 is 2.00 bits per heavy atom. The van der Waals surface area contributed by atoms with Crippen molar-refractivity contribution in [2.24, 2.45) is 0 Å². The highest BCUT2D eigenvalue weighted by molar-refractivity contribution is 5.62. The first-order chi connectivity index (χ1) is 6.27. The van der Waals surface area contributed by atoms with Crippen molar-refractivity contribution in [3.63, 3.8) is 0 Å². The Morgan fingerprint density at radius 1 is 1.23 bits per heavy atom. The first-order valence-corrected chi connectivity index (χ1v) is 5.16. The Morgan fingerprint density at radius 3 is 2.85 bits per heavy atom. The topological polar surface area (TPSA) is 26.0 Å². The highest BCUT2D eigenvalue weighted by Gasteiger charge is 2.38. The molecule has 2 N–H and O–H groups in total. The Labute approximate surface area is 78.9 Å². The molecule has 2 unspecified atom stereocenters. The average Bonchev–Trinajstić information content (AvgIpc) is 2.70. The zero-order valence-corrected chi connectivity index (χ0v) is 8.01. The molecule has 0 radical (unpaired) electrons. The van der Waals surface area contributed by atoms with Gasteiger partial charge in [0.05, 0.1) is 0 Å². The van der Waals surface area contributed by atoms with Gasteiger partial charge in [0.1, 0.15) is 0 Å². The van der Waals surface area contributed by atoms with Gasteiger partial charge in [0, 0.05) is 5.69 Å². The number of nitrogen functional groups attached to an aromatic ring is 1. The fraction of sp³-hybridized carbons (Fsp3) is 0.500. The van der Waals surface area contributed by atoms with Crippen molar-refractivity contribution in [3.05, 3.63) is 28.8 Å². The van der Waals surface area contributed by atoms with Crippen LogP contribution in [0.25, 0.3) is 0 Å². The second-order valence-electron chi connectivity index (χ2n) is 4.51. The lowest BCUT2D eigenvalue weighted by atomic mass is 9.89. The molecule has 1 aromatic rings. The molecule has 2 atom stereocenters. The summed E-state index contributed by atoms with van der Waals surface area (Å²) in [5, 5.41) is 0. The van der Waals surface area contributed by atoms with Crippen LogP contribution in [0.15, 0.2) is 12.1 Å². The SMILES string of the molecule is Cc1ccc2c(c1N)C1CCC2C1. The summed E-state index contributed by atoms with van der Waals surface area (Å²) >= 11 is 0.